The first-order valence-corrected chi connectivity index (χ1v) is 9.65. The maximum Gasteiger partial charge on any atom is 0.336 e. The van der Waals surface area contributed by atoms with E-state index in [1.807, 2.05) is 56.3 Å². The van der Waals surface area contributed by atoms with Gasteiger partial charge in [0, 0.05) is 17.1 Å². The van der Waals surface area contributed by atoms with Crippen molar-refractivity contribution < 1.29 is 13.9 Å². The smallest absolute Gasteiger partial charge is 0.336 e. The summed E-state index contributed by atoms with van der Waals surface area (Å²) in [5, 5.41) is 3.64. The Bertz CT molecular complexity index is 1260. The summed E-state index contributed by atoms with van der Waals surface area (Å²) in [6.07, 6.45) is 0.0763. The van der Waals surface area contributed by atoms with Crippen LogP contribution in [0.25, 0.3) is 11.0 Å². The van der Waals surface area contributed by atoms with E-state index in [1.165, 1.54) is 6.07 Å². The van der Waals surface area contributed by atoms with Crippen molar-refractivity contribution in [2.75, 3.05) is 5.32 Å². The number of anilines is 1. The second-order valence-corrected chi connectivity index (χ2v) is 7.19. The van der Waals surface area contributed by atoms with Crippen molar-refractivity contribution >= 4 is 22.6 Å². The van der Waals surface area contributed by atoms with Crippen LogP contribution in [0.5, 0.6) is 11.5 Å². The molecule has 1 heterocycles. The van der Waals surface area contributed by atoms with Crippen LogP contribution in [0.2, 0.25) is 0 Å². The van der Waals surface area contributed by atoms with Crippen LogP contribution in [-0.4, -0.2) is 5.91 Å². The molecule has 0 aliphatic rings. The van der Waals surface area contributed by atoms with E-state index >= 15 is 0 Å². The van der Waals surface area contributed by atoms with Gasteiger partial charge in [-0.05, 0) is 79.1 Å². The first kappa shape index (κ1) is 19.5. The highest BCUT2D eigenvalue weighted by atomic mass is 16.5. The van der Waals surface area contributed by atoms with Gasteiger partial charge in [0.2, 0.25) is 5.91 Å². The molecule has 0 unspecified atom stereocenters. The highest BCUT2D eigenvalue weighted by Gasteiger charge is 2.12. The van der Waals surface area contributed by atoms with Crippen LogP contribution < -0.4 is 15.7 Å². The third-order valence-electron chi connectivity index (χ3n) is 4.91. The Morgan fingerprint density at radius 1 is 0.900 bits per heavy atom. The van der Waals surface area contributed by atoms with E-state index < -0.39 is 5.63 Å². The number of hydrogen-bond acceptors (Lipinski definition) is 4. The van der Waals surface area contributed by atoms with E-state index in [1.54, 1.807) is 24.3 Å². The van der Waals surface area contributed by atoms with Gasteiger partial charge in [-0.25, -0.2) is 4.79 Å². The third kappa shape index (κ3) is 4.41. The third-order valence-corrected chi connectivity index (χ3v) is 4.91. The molecule has 0 saturated carbocycles. The maximum atomic E-state index is 12.6. The van der Waals surface area contributed by atoms with Crippen LogP contribution >= 0.6 is 0 Å². The Balaban J connectivity index is 1.48. The van der Waals surface area contributed by atoms with Gasteiger partial charge in [0.1, 0.15) is 17.1 Å². The van der Waals surface area contributed by atoms with Gasteiger partial charge in [0.15, 0.2) is 0 Å². The monoisotopic (exact) mass is 399 g/mol. The van der Waals surface area contributed by atoms with E-state index in [2.05, 4.69) is 5.32 Å². The summed E-state index contributed by atoms with van der Waals surface area (Å²) in [6.45, 7) is 3.95. The molecule has 4 aromatic rings. The summed E-state index contributed by atoms with van der Waals surface area (Å²) in [4.78, 5) is 24.5. The molecule has 0 saturated heterocycles. The number of benzene rings is 3. The van der Waals surface area contributed by atoms with E-state index in [-0.39, 0.29) is 12.3 Å². The Morgan fingerprint density at radius 3 is 2.30 bits per heavy atom. The topological polar surface area (TPSA) is 68.5 Å². The zero-order valence-electron chi connectivity index (χ0n) is 16.8. The van der Waals surface area contributed by atoms with Crippen molar-refractivity contribution in [2.45, 2.75) is 20.3 Å². The number of amides is 1. The summed E-state index contributed by atoms with van der Waals surface area (Å²) in [6, 6.07) is 21.8. The molecule has 4 rings (SSSR count). The summed E-state index contributed by atoms with van der Waals surface area (Å²) in [7, 11) is 0. The molecule has 1 aromatic heterocycles. The van der Waals surface area contributed by atoms with Crippen molar-refractivity contribution in [3.8, 4) is 11.5 Å². The van der Waals surface area contributed by atoms with Crippen LogP contribution in [0.3, 0.4) is 0 Å². The molecule has 0 aliphatic carbocycles. The van der Waals surface area contributed by atoms with E-state index in [9.17, 15) is 9.59 Å². The van der Waals surface area contributed by atoms with Crippen molar-refractivity contribution in [3.63, 3.8) is 0 Å². The van der Waals surface area contributed by atoms with Crippen LogP contribution in [0, 0.1) is 13.8 Å². The summed E-state index contributed by atoms with van der Waals surface area (Å²) < 4.78 is 11.1. The molecule has 150 valence electrons. The predicted molar refractivity (Wildman–Crippen MR) is 117 cm³/mol. The number of carbonyl (C=O) groups excluding carboxylic acids is 1. The van der Waals surface area contributed by atoms with Gasteiger partial charge in [0.25, 0.3) is 0 Å². The van der Waals surface area contributed by atoms with Gasteiger partial charge in [-0.1, -0.05) is 18.2 Å². The van der Waals surface area contributed by atoms with Crippen molar-refractivity contribution in [1.82, 2.24) is 0 Å². The lowest BCUT2D eigenvalue weighted by Crippen LogP contribution is -2.16. The number of para-hydroxylation sites is 1. The normalized spacial score (nSPS) is 10.7. The quantitative estimate of drug-likeness (QED) is 0.457. The second-order valence-electron chi connectivity index (χ2n) is 7.19. The number of hydrogen-bond donors (Lipinski definition) is 1. The van der Waals surface area contributed by atoms with Gasteiger partial charge < -0.3 is 14.5 Å². The molecule has 1 N–H and O–H groups in total. The molecule has 0 radical (unpaired) electrons. The fourth-order valence-corrected chi connectivity index (χ4v) is 3.24. The molecule has 0 atom stereocenters. The van der Waals surface area contributed by atoms with Crippen LogP contribution in [0.15, 0.2) is 82.0 Å². The second kappa shape index (κ2) is 8.25. The number of aryl methyl sites for hydroxylation is 2. The SMILES string of the molecule is Cc1cc2oc(=O)cc(CC(=O)Nc3ccc(Oc4ccccc4)cc3)c2cc1C. The lowest BCUT2D eigenvalue weighted by Gasteiger charge is -2.10. The fourth-order valence-electron chi connectivity index (χ4n) is 3.24. The minimum Gasteiger partial charge on any atom is -0.457 e. The molecular weight excluding hydrogens is 378 g/mol. The molecule has 30 heavy (non-hydrogen) atoms. The van der Waals surface area contributed by atoms with E-state index in [0.29, 0.717) is 22.6 Å². The summed E-state index contributed by atoms with van der Waals surface area (Å²) >= 11 is 0. The molecule has 0 bridgehead atoms. The average Bonchev–Trinajstić information content (AvgIpc) is 2.72. The maximum absolute atomic E-state index is 12.6. The predicted octanol–water partition coefficient (Wildman–Crippen LogP) is 5.38. The Hall–Kier alpha value is -3.86. The first-order chi connectivity index (χ1) is 14.5. The summed E-state index contributed by atoms with van der Waals surface area (Å²) in [5.74, 6) is 1.21. The molecule has 3 aromatic carbocycles. The zero-order chi connectivity index (χ0) is 21.1. The van der Waals surface area contributed by atoms with Gasteiger partial charge in [-0.3, -0.25) is 4.79 Å². The van der Waals surface area contributed by atoms with Crippen LogP contribution in [-0.2, 0) is 11.2 Å². The number of carbonyl (C=O) groups is 1. The molecule has 1 amide bonds. The van der Waals surface area contributed by atoms with Crippen LogP contribution in [0.4, 0.5) is 5.69 Å². The van der Waals surface area contributed by atoms with Gasteiger partial charge in [-0.2, -0.15) is 0 Å². The lowest BCUT2D eigenvalue weighted by molar-refractivity contribution is -0.115. The van der Waals surface area contributed by atoms with Crippen LogP contribution in [0.1, 0.15) is 16.7 Å². The van der Waals surface area contributed by atoms with E-state index in [0.717, 1.165) is 22.3 Å². The minimum atomic E-state index is -0.462. The highest BCUT2D eigenvalue weighted by molar-refractivity contribution is 5.95. The number of rotatable bonds is 5. The Morgan fingerprint density at radius 2 is 1.57 bits per heavy atom. The van der Waals surface area contributed by atoms with Crippen molar-refractivity contribution in [3.05, 3.63) is 99.9 Å². The van der Waals surface area contributed by atoms with Crippen molar-refractivity contribution in [1.29, 1.82) is 0 Å². The van der Waals surface area contributed by atoms with Crippen molar-refractivity contribution in [2.24, 2.45) is 0 Å². The highest BCUT2D eigenvalue weighted by Crippen LogP contribution is 2.24. The largest absolute Gasteiger partial charge is 0.457 e. The van der Waals surface area contributed by atoms with Gasteiger partial charge in [-0.15, -0.1) is 0 Å². The Labute approximate surface area is 173 Å². The lowest BCUT2D eigenvalue weighted by atomic mass is 10.0. The van der Waals surface area contributed by atoms with Gasteiger partial charge in [0.05, 0.1) is 6.42 Å². The molecule has 0 aliphatic heterocycles. The minimum absolute atomic E-state index is 0.0763. The number of ether oxygens (including phenoxy) is 1. The molecule has 5 heteroatoms. The molecular formula is C25H21NO4. The standard InChI is InChI=1S/C25H21NO4/c1-16-12-22-18(15-25(28)30-23(22)13-17(16)2)14-24(27)26-19-8-10-21(11-9-19)29-20-6-4-3-5-7-20/h3-13,15H,14H2,1-2H3,(H,26,27). The molecule has 0 fully saturated rings. The van der Waals surface area contributed by atoms with Gasteiger partial charge >= 0.3 is 5.63 Å². The molecule has 5 nitrogen and oxygen atoms in total. The number of fused-ring (bicyclic) bond motifs is 1. The van der Waals surface area contributed by atoms with E-state index in [4.69, 9.17) is 9.15 Å². The molecule has 0 spiro atoms. The average molecular weight is 399 g/mol. The zero-order valence-corrected chi connectivity index (χ0v) is 16.8. The Kier molecular flexibility index (Phi) is 5.35. The fraction of sp³-hybridized carbons (Fsp3) is 0.120. The summed E-state index contributed by atoms with van der Waals surface area (Å²) in [5.41, 5.74) is 3.44. The number of nitrogens with one attached hydrogen (secondary N) is 1. The first-order valence-electron chi connectivity index (χ1n) is 9.65.